The van der Waals surface area contributed by atoms with Gasteiger partial charge in [0.1, 0.15) is 11.6 Å². The molecule has 7 heteroatoms. The molecule has 1 amide bonds. The van der Waals surface area contributed by atoms with Gasteiger partial charge in [-0.3, -0.25) is 4.79 Å². The minimum absolute atomic E-state index is 0.114. The number of methoxy groups -OCH3 is 1. The summed E-state index contributed by atoms with van der Waals surface area (Å²) in [5.74, 6) is 0.913. The summed E-state index contributed by atoms with van der Waals surface area (Å²) in [4.78, 5) is 16.5. The average molecular weight is 379 g/mol. The number of amides is 1. The Morgan fingerprint density at radius 1 is 1.22 bits per heavy atom. The van der Waals surface area contributed by atoms with E-state index in [1.54, 1.807) is 18.2 Å². The van der Waals surface area contributed by atoms with Crippen LogP contribution < -0.4 is 14.8 Å². The predicted octanol–water partition coefficient (Wildman–Crippen LogP) is 3.78. The second-order valence-corrected chi connectivity index (χ2v) is 6.53. The van der Waals surface area contributed by atoms with Crippen LogP contribution in [0.5, 0.6) is 11.5 Å². The first kappa shape index (κ1) is 18.4. The molecule has 0 unspecified atom stereocenters. The number of hydrogen-bond acceptors (Lipinski definition) is 6. The zero-order chi connectivity index (χ0) is 19.1. The van der Waals surface area contributed by atoms with Crippen molar-refractivity contribution in [1.29, 1.82) is 5.26 Å². The number of thiazole rings is 1. The normalized spacial score (nSPS) is 10.1. The van der Waals surface area contributed by atoms with E-state index in [0.29, 0.717) is 22.1 Å². The Labute approximate surface area is 161 Å². The molecule has 136 valence electrons. The average Bonchev–Trinajstić information content (AvgIpc) is 3.14. The summed E-state index contributed by atoms with van der Waals surface area (Å²) in [6.07, 6.45) is 0.208. The van der Waals surface area contributed by atoms with Crippen LogP contribution in [0.25, 0.3) is 0 Å². The summed E-state index contributed by atoms with van der Waals surface area (Å²) >= 11 is 1.41. The van der Waals surface area contributed by atoms with Crippen molar-refractivity contribution in [2.75, 3.05) is 12.4 Å². The Kier molecular flexibility index (Phi) is 6.02. The first-order valence-corrected chi connectivity index (χ1v) is 9.05. The van der Waals surface area contributed by atoms with Gasteiger partial charge >= 0.3 is 0 Å². The topological polar surface area (TPSA) is 84.2 Å². The van der Waals surface area contributed by atoms with Gasteiger partial charge < -0.3 is 14.8 Å². The van der Waals surface area contributed by atoms with Crippen LogP contribution in [-0.4, -0.2) is 18.0 Å². The molecule has 27 heavy (non-hydrogen) atoms. The van der Waals surface area contributed by atoms with Crippen LogP contribution in [0.1, 0.15) is 16.3 Å². The van der Waals surface area contributed by atoms with Crippen LogP contribution in [0, 0.1) is 11.3 Å². The van der Waals surface area contributed by atoms with Crippen molar-refractivity contribution in [1.82, 2.24) is 4.98 Å². The highest BCUT2D eigenvalue weighted by Gasteiger charge is 2.10. The maximum atomic E-state index is 12.1. The summed E-state index contributed by atoms with van der Waals surface area (Å²) in [6.45, 7) is 0.249. The Morgan fingerprint density at radius 3 is 2.78 bits per heavy atom. The molecule has 3 rings (SSSR count). The molecular formula is C20H17N3O3S. The van der Waals surface area contributed by atoms with Crippen LogP contribution in [-0.2, 0) is 17.8 Å². The molecule has 0 fully saturated rings. The Morgan fingerprint density at radius 2 is 2.04 bits per heavy atom. The van der Waals surface area contributed by atoms with E-state index in [1.807, 2.05) is 35.7 Å². The molecule has 0 aliphatic heterocycles. The summed E-state index contributed by atoms with van der Waals surface area (Å²) in [5.41, 5.74) is 1.99. The molecular weight excluding hydrogens is 362 g/mol. The minimum Gasteiger partial charge on any atom is -0.493 e. The number of rotatable bonds is 7. The van der Waals surface area contributed by atoms with Crippen molar-refractivity contribution < 1.29 is 14.3 Å². The first-order chi connectivity index (χ1) is 13.2. The van der Waals surface area contributed by atoms with Gasteiger partial charge in [0, 0.05) is 17.1 Å². The van der Waals surface area contributed by atoms with Crippen LogP contribution in [0.4, 0.5) is 5.69 Å². The van der Waals surface area contributed by atoms with Gasteiger partial charge in [0.15, 0.2) is 11.5 Å². The van der Waals surface area contributed by atoms with E-state index in [0.717, 1.165) is 11.4 Å². The van der Waals surface area contributed by atoms with Gasteiger partial charge in [-0.2, -0.15) is 5.26 Å². The highest BCUT2D eigenvalue weighted by Crippen LogP contribution is 2.28. The summed E-state index contributed by atoms with van der Waals surface area (Å²) in [5, 5.41) is 14.4. The number of benzene rings is 2. The molecule has 1 aromatic heterocycles. The Bertz CT molecular complexity index is 964. The number of carbonyl (C=O) groups is 1. The number of nitriles is 1. The molecule has 0 saturated carbocycles. The number of carbonyl (C=O) groups excluding carboxylic acids is 1. The van der Waals surface area contributed by atoms with E-state index in [2.05, 4.69) is 16.4 Å². The second kappa shape index (κ2) is 8.83. The van der Waals surface area contributed by atoms with Gasteiger partial charge in [-0.05, 0) is 24.3 Å². The smallest absolute Gasteiger partial charge is 0.231 e. The highest BCUT2D eigenvalue weighted by atomic mass is 32.1. The first-order valence-electron chi connectivity index (χ1n) is 8.17. The van der Waals surface area contributed by atoms with Crippen molar-refractivity contribution in [2.45, 2.75) is 13.0 Å². The zero-order valence-electron chi connectivity index (χ0n) is 14.6. The molecule has 0 aliphatic carbocycles. The second-order valence-electron chi connectivity index (χ2n) is 5.59. The lowest BCUT2D eigenvalue weighted by molar-refractivity contribution is -0.115. The van der Waals surface area contributed by atoms with E-state index in [-0.39, 0.29) is 18.9 Å². The number of para-hydroxylation sites is 1. The van der Waals surface area contributed by atoms with Gasteiger partial charge in [-0.25, -0.2) is 4.98 Å². The summed E-state index contributed by atoms with van der Waals surface area (Å²) < 4.78 is 11.0. The number of hydrogen-bond donors (Lipinski definition) is 1. The molecule has 0 radical (unpaired) electrons. The monoisotopic (exact) mass is 379 g/mol. The van der Waals surface area contributed by atoms with Crippen molar-refractivity contribution in [2.24, 2.45) is 0 Å². The van der Waals surface area contributed by atoms with E-state index in [9.17, 15) is 4.79 Å². The molecule has 6 nitrogen and oxygen atoms in total. The molecule has 1 N–H and O–H groups in total. The summed E-state index contributed by atoms with van der Waals surface area (Å²) in [6, 6.07) is 16.3. The van der Waals surface area contributed by atoms with Gasteiger partial charge in [0.2, 0.25) is 5.91 Å². The maximum Gasteiger partial charge on any atom is 0.231 e. The zero-order valence-corrected chi connectivity index (χ0v) is 15.5. The van der Waals surface area contributed by atoms with E-state index in [1.165, 1.54) is 18.4 Å². The predicted molar refractivity (Wildman–Crippen MR) is 103 cm³/mol. The van der Waals surface area contributed by atoms with Crippen molar-refractivity contribution in [3.63, 3.8) is 0 Å². The molecule has 1 heterocycles. The number of nitrogens with one attached hydrogen (secondary N) is 1. The fraction of sp³-hybridized carbons (Fsp3) is 0.150. The van der Waals surface area contributed by atoms with Crippen LogP contribution in [0.15, 0.2) is 53.9 Å². The molecule has 0 bridgehead atoms. The van der Waals surface area contributed by atoms with E-state index in [4.69, 9.17) is 14.7 Å². The molecule has 0 spiro atoms. The van der Waals surface area contributed by atoms with Gasteiger partial charge in [0.25, 0.3) is 0 Å². The standard InChI is InChI=1S/C20H17N3O3S/c1-25-18-9-14(11-21)7-8-17(18)26-12-16-13-27-20(23-16)10-19(24)22-15-5-3-2-4-6-15/h2-9,13H,10,12H2,1H3,(H,22,24). The Balaban J connectivity index is 1.57. The highest BCUT2D eigenvalue weighted by molar-refractivity contribution is 7.09. The molecule has 0 saturated heterocycles. The lowest BCUT2D eigenvalue weighted by Crippen LogP contribution is -2.14. The summed E-state index contributed by atoms with van der Waals surface area (Å²) in [7, 11) is 1.52. The lowest BCUT2D eigenvalue weighted by atomic mass is 10.2. The third-order valence-corrected chi connectivity index (χ3v) is 4.53. The fourth-order valence-electron chi connectivity index (χ4n) is 2.37. The van der Waals surface area contributed by atoms with Crippen LogP contribution in [0.3, 0.4) is 0 Å². The third-order valence-electron chi connectivity index (χ3n) is 3.64. The molecule has 2 aromatic carbocycles. The molecule has 0 atom stereocenters. The quantitative estimate of drug-likeness (QED) is 0.675. The van der Waals surface area contributed by atoms with Crippen molar-refractivity contribution in [3.8, 4) is 17.6 Å². The van der Waals surface area contributed by atoms with Gasteiger partial charge in [-0.15, -0.1) is 11.3 Å². The lowest BCUT2D eigenvalue weighted by Gasteiger charge is -2.09. The third kappa shape index (κ3) is 5.06. The van der Waals surface area contributed by atoms with Crippen molar-refractivity contribution in [3.05, 3.63) is 70.2 Å². The van der Waals surface area contributed by atoms with Gasteiger partial charge in [0.05, 0.1) is 30.9 Å². The molecule has 3 aromatic rings. The van der Waals surface area contributed by atoms with Crippen LogP contribution >= 0.6 is 11.3 Å². The number of aromatic nitrogens is 1. The minimum atomic E-state index is -0.114. The number of nitrogens with zero attached hydrogens (tertiary/aromatic N) is 2. The maximum absolute atomic E-state index is 12.1. The van der Waals surface area contributed by atoms with E-state index < -0.39 is 0 Å². The van der Waals surface area contributed by atoms with Gasteiger partial charge in [-0.1, -0.05) is 18.2 Å². The molecule has 0 aliphatic rings. The number of anilines is 1. The SMILES string of the molecule is COc1cc(C#N)ccc1OCc1csc(CC(=O)Nc2ccccc2)n1. The number of ether oxygens (including phenoxy) is 2. The largest absolute Gasteiger partial charge is 0.493 e. The van der Waals surface area contributed by atoms with Crippen LogP contribution in [0.2, 0.25) is 0 Å². The fourth-order valence-corrected chi connectivity index (χ4v) is 3.15. The Hall–Kier alpha value is -3.37. The van der Waals surface area contributed by atoms with Crippen molar-refractivity contribution >= 4 is 22.9 Å². The van der Waals surface area contributed by atoms with E-state index >= 15 is 0 Å².